The number of H-pyrrole nitrogens is 1. The van der Waals surface area contributed by atoms with Crippen LogP contribution in [0.2, 0.25) is 0 Å². The number of nitrogens with two attached hydrogens (primary N) is 1. The summed E-state index contributed by atoms with van der Waals surface area (Å²) in [7, 11) is 0. The van der Waals surface area contributed by atoms with Crippen molar-refractivity contribution in [1.29, 1.82) is 0 Å². The van der Waals surface area contributed by atoms with E-state index in [0.717, 1.165) is 18.7 Å². The Morgan fingerprint density at radius 2 is 2.11 bits per heavy atom. The lowest BCUT2D eigenvalue weighted by molar-refractivity contribution is -0.0494. The van der Waals surface area contributed by atoms with E-state index in [4.69, 9.17) is 5.73 Å². The Labute approximate surface area is 109 Å². The highest BCUT2D eigenvalue weighted by Gasteiger charge is 2.12. The van der Waals surface area contributed by atoms with Crippen LogP contribution < -0.4 is 10.5 Å². The number of hydrogen-bond donors (Lipinski definition) is 2. The van der Waals surface area contributed by atoms with Crippen molar-refractivity contribution in [2.24, 2.45) is 5.73 Å². The highest BCUT2D eigenvalue weighted by atomic mass is 19.3. The van der Waals surface area contributed by atoms with Crippen molar-refractivity contribution in [2.75, 3.05) is 6.54 Å². The molecule has 0 atom stereocenters. The second-order valence-electron chi connectivity index (χ2n) is 4.01. The minimum Gasteiger partial charge on any atom is -0.434 e. The van der Waals surface area contributed by atoms with Gasteiger partial charge in [-0.15, -0.1) is 0 Å². The van der Waals surface area contributed by atoms with Gasteiger partial charge in [-0.25, -0.2) is 4.98 Å². The Balaban J connectivity index is 2.23. The van der Waals surface area contributed by atoms with Crippen molar-refractivity contribution >= 4 is 0 Å². The summed E-state index contributed by atoms with van der Waals surface area (Å²) < 4.78 is 29.1. The number of aromatic nitrogens is 2. The largest absolute Gasteiger partial charge is 0.434 e. The van der Waals surface area contributed by atoms with Gasteiger partial charge >= 0.3 is 6.61 Å². The van der Waals surface area contributed by atoms with Gasteiger partial charge in [0, 0.05) is 12.0 Å². The maximum absolute atomic E-state index is 12.3. The average molecular weight is 267 g/mol. The maximum atomic E-state index is 12.3. The van der Waals surface area contributed by atoms with Gasteiger partial charge in [0.05, 0.1) is 11.9 Å². The van der Waals surface area contributed by atoms with Gasteiger partial charge in [0.15, 0.2) is 0 Å². The van der Waals surface area contributed by atoms with Gasteiger partial charge in [0.2, 0.25) is 0 Å². The van der Waals surface area contributed by atoms with Crippen LogP contribution in [0, 0.1) is 0 Å². The quantitative estimate of drug-likeness (QED) is 0.845. The fourth-order valence-electron chi connectivity index (χ4n) is 1.78. The van der Waals surface area contributed by atoms with Gasteiger partial charge < -0.3 is 15.5 Å². The molecule has 0 amide bonds. The molecule has 0 aliphatic heterocycles. The van der Waals surface area contributed by atoms with Crippen LogP contribution >= 0.6 is 0 Å². The van der Waals surface area contributed by atoms with Gasteiger partial charge in [-0.3, -0.25) is 0 Å². The molecule has 0 bridgehead atoms. The lowest BCUT2D eigenvalue weighted by Crippen LogP contribution is -2.03. The molecule has 0 spiro atoms. The number of nitrogens with one attached hydrogen (secondary N) is 1. The van der Waals surface area contributed by atoms with Gasteiger partial charge in [-0.2, -0.15) is 8.78 Å². The summed E-state index contributed by atoms with van der Waals surface area (Å²) in [5, 5.41) is 0. The number of alkyl halides is 2. The monoisotopic (exact) mass is 267 g/mol. The lowest BCUT2D eigenvalue weighted by atomic mass is 10.1. The number of para-hydroxylation sites is 1. The van der Waals surface area contributed by atoms with Gasteiger partial charge in [-0.05, 0) is 25.1 Å². The van der Waals surface area contributed by atoms with Crippen molar-refractivity contribution < 1.29 is 13.5 Å². The number of ether oxygens (including phenoxy) is 1. The molecule has 102 valence electrons. The summed E-state index contributed by atoms with van der Waals surface area (Å²) in [5.41, 5.74) is 6.65. The van der Waals surface area contributed by atoms with Crippen molar-refractivity contribution in [3.05, 3.63) is 36.3 Å². The molecule has 0 fully saturated rings. The first-order valence-electron chi connectivity index (χ1n) is 5.99. The molecule has 1 aromatic carbocycles. The number of aromatic amines is 1. The van der Waals surface area contributed by atoms with Crippen molar-refractivity contribution in [2.45, 2.75) is 19.5 Å². The van der Waals surface area contributed by atoms with Crippen molar-refractivity contribution in [1.82, 2.24) is 9.97 Å². The molecule has 0 saturated carbocycles. The maximum Gasteiger partial charge on any atom is 0.387 e. The number of halogens is 2. The number of benzene rings is 1. The summed E-state index contributed by atoms with van der Waals surface area (Å²) in [6, 6.07) is 6.61. The average Bonchev–Trinajstić information content (AvgIpc) is 2.85. The fourth-order valence-corrected chi connectivity index (χ4v) is 1.78. The second kappa shape index (κ2) is 6.29. The predicted octanol–water partition coefficient (Wildman–Crippen LogP) is 2.57. The van der Waals surface area contributed by atoms with Crippen LogP contribution in [0.15, 0.2) is 30.5 Å². The molecule has 1 heterocycles. The Kier molecular flexibility index (Phi) is 4.46. The predicted molar refractivity (Wildman–Crippen MR) is 68.0 cm³/mol. The number of nitrogens with zero attached hydrogens (tertiary/aromatic N) is 1. The molecule has 2 aromatic rings. The van der Waals surface area contributed by atoms with Crippen LogP contribution in [0.1, 0.15) is 12.2 Å². The molecule has 0 aliphatic carbocycles. The SMILES string of the molecule is NCCCc1ncc(-c2ccccc2OC(F)F)[nH]1. The second-order valence-corrected chi connectivity index (χ2v) is 4.01. The molecule has 0 aliphatic rings. The summed E-state index contributed by atoms with van der Waals surface area (Å²) in [4.78, 5) is 7.28. The Bertz CT molecular complexity index is 528. The third-order valence-corrected chi connectivity index (χ3v) is 2.64. The van der Waals surface area contributed by atoms with Crippen LogP contribution in [0.25, 0.3) is 11.3 Å². The van der Waals surface area contributed by atoms with Gasteiger partial charge in [0.1, 0.15) is 11.6 Å². The summed E-state index contributed by atoms with van der Waals surface area (Å²) in [5.74, 6) is 0.916. The van der Waals surface area contributed by atoms with E-state index in [-0.39, 0.29) is 5.75 Å². The Morgan fingerprint density at radius 3 is 2.84 bits per heavy atom. The van der Waals surface area contributed by atoms with E-state index in [9.17, 15) is 8.78 Å². The third kappa shape index (κ3) is 3.51. The molecule has 4 nitrogen and oxygen atoms in total. The first kappa shape index (κ1) is 13.5. The minimum absolute atomic E-state index is 0.131. The zero-order valence-corrected chi connectivity index (χ0v) is 10.3. The number of aryl methyl sites for hydroxylation is 1. The normalized spacial score (nSPS) is 10.9. The molecule has 1 aromatic heterocycles. The molecule has 19 heavy (non-hydrogen) atoms. The smallest absolute Gasteiger partial charge is 0.387 e. The van der Waals surface area contributed by atoms with Crippen molar-refractivity contribution in [3.8, 4) is 17.0 Å². The topological polar surface area (TPSA) is 63.9 Å². The molecular weight excluding hydrogens is 252 g/mol. The van der Waals surface area contributed by atoms with E-state index in [0.29, 0.717) is 17.8 Å². The zero-order chi connectivity index (χ0) is 13.7. The Morgan fingerprint density at radius 1 is 1.32 bits per heavy atom. The van der Waals surface area contributed by atoms with E-state index in [2.05, 4.69) is 14.7 Å². The zero-order valence-electron chi connectivity index (χ0n) is 10.3. The standard InChI is InChI=1S/C13H15F2N3O/c14-13(15)19-11-5-2-1-4-9(11)10-8-17-12(18-10)6-3-7-16/h1-2,4-5,8,13H,3,6-7,16H2,(H,17,18). The number of imidazole rings is 1. The first-order chi connectivity index (χ1) is 9.20. The van der Waals surface area contributed by atoms with E-state index in [1.165, 1.54) is 6.07 Å². The van der Waals surface area contributed by atoms with Gasteiger partial charge in [0.25, 0.3) is 0 Å². The van der Waals surface area contributed by atoms with Crippen LogP contribution in [0.3, 0.4) is 0 Å². The third-order valence-electron chi connectivity index (χ3n) is 2.64. The summed E-state index contributed by atoms with van der Waals surface area (Å²) >= 11 is 0. The van der Waals surface area contributed by atoms with Crippen LogP contribution in [-0.2, 0) is 6.42 Å². The molecular formula is C13H15F2N3O. The summed E-state index contributed by atoms with van der Waals surface area (Å²) in [6.45, 7) is -2.26. The molecule has 6 heteroatoms. The van der Waals surface area contributed by atoms with E-state index < -0.39 is 6.61 Å². The first-order valence-corrected chi connectivity index (χ1v) is 5.99. The van der Waals surface area contributed by atoms with Gasteiger partial charge in [-0.1, -0.05) is 12.1 Å². The molecule has 0 radical (unpaired) electrons. The number of rotatable bonds is 6. The fraction of sp³-hybridized carbons (Fsp3) is 0.308. The van der Waals surface area contributed by atoms with Crippen LogP contribution in [0.5, 0.6) is 5.75 Å². The van der Waals surface area contributed by atoms with E-state index >= 15 is 0 Å². The number of hydrogen-bond acceptors (Lipinski definition) is 3. The lowest BCUT2D eigenvalue weighted by Gasteiger charge is -2.08. The van der Waals surface area contributed by atoms with Crippen LogP contribution in [0.4, 0.5) is 8.78 Å². The molecule has 2 rings (SSSR count). The minimum atomic E-state index is -2.85. The molecule has 0 unspecified atom stereocenters. The van der Waals surface area contributed by atoms with E-state index in [1.807, 2.05) is 0 Å². The highest BCUT2D eigenvalue weighted by molar-refractivity contribution is 5.66. The molecule has 3 N–H and O–H groups in total. The van der Waals surface area contributed by atoms with Crippen LogP contribution in [-0.4, -0.2) is 23.1 Å². The summed E-state index contributed by atoms with van der Waals surface area (Å²) in [6.07, 6.45) is 3.16. The Hall–Kier alpha value is -1.95. The van der Waals surface area contributed by atoms with E-state index in [1.54, 1.807) is 24.4 Å². The van der Waals surface area contributed by atoms with Crippen molar-refractivity contribution in [3.63, 3.8) is 0 Å². The highest BCUT2D eigenvalue weighted by Crippen LogP contribution is 2.29. The molecule has 0 saturated heterocycles.